The molecule has 1 fully saturated rings. The van der Waals surface area contributed by atoms with Gasteiger partial charge in [-0.3, -0.25) is 4.79 Å². The fraction of sp³-hybridized carbons (Fsp3) is 0.389. The van der Waals surface area contributed by atoms with E-state index in [1.807, 2.05) is 32.0 Å². The molecule has 4 rings (SSSR count). The molecule has 0 aromatic carbocycles. The number of hydrogen-bond acceptors (Lipinski definition) is 7. The van der Waals surface area contributed by atoms with Gasteiger partial charge in [0.2, 0.25) is 5.91 Å². The Morgan fingerprint density at radius 3 is 2.81 bits per heavy atom. The van der Waals surface area contributed by atoms with E-state index in [9.17, 15) is 4.79 Å². The molecular weight excluding hydrogens is 332 g/mol. The van der Waals surface area contributed by atoms with Gasteiger partial charge in [0, 0.05) is 24.7 Å². The van der Waals surface area contributed by atoms with E-state index in [1.165, 1.54) is 6.33 Å². The van der Waals surface area contributed by atoms with Crippen LogP contribution < -0.4 is 10.2 Å². The summed E-state index contributed by atoms with van der Waals surface area (Å²) in [4.78, 5) is 27.6. The predicted octanol–water partition coefficient (Wildman–Crippen LogP) is 2.48. The molecule has 1 aliphatic heterocycles. The lowest BCUT2D eigenvalue weighted by Gasteiger charge is -2.32. The van der Waals surface area contributed by atoms with Gasteiger partial charge in [-0.1, -0.05) is 11.2 Å². The molecule has 0 radical (unpaired) electrons. The van der Waals surface area contributed by atoms with E-state index in [1.54, 1.807) is 0 Å². The first-order valence-corrected chi connectivity index (χ1v) is 8.68. The fourth-order valence-corrected chi connectivity index (χ4v) is 3.34. The summed E-state index contributed by atoms with van der Waals surface area (Å²) in [6.45, 7) is 5.28. The summed E-state index contributed by atoms with van der Waals surface area (Å²) in [5.74, 6) is 1.43. The highest BCUT2D eigenvalue weighted by Gasteiger charge is 2.27. The minimum absolute atomic E-state index is 0.0248. The number of nitrogens with zero attached hydrogens (tertiary/aromatic N) is 5. The maximum absolute atomic E-state index is 12.5. The number of aromatic nitrogens is 4. The molecule has 0 saturated carbocycles. The molecule has 8 nitrogen and oxygen atoms in total. The minimum atomic E-state index is -0.0329. The van der Waals surface area contributed by atoms with Crippen molar-refractivity contribution in [1.82, 2.24) is 20.1 Å². The van der Waals surface area contributed by atoms with E-state index < -0.39 is 0 Å². The molecule has 3 aromatic heterocycles. The highest BCUT2D eigenvalue weighted by Crippen LogP contribution is 2.29. The SMILES string of the molecule is Cc1cccc(NC(=O)C2CCN(c3ncnc4onc(C)c34)CC2)n1. The van der Waals surface area contributed by atoms with Gasteiger partial charge in [0.15, 0.2) is 0 Å². The smallest absolute Gasteiger partial charge is 0.263 e. The molecule has 3 aromatic rings. The maximum Gasteiger partial charge on any atom is 0.263 e. The zero-order valence-electron chi connectivity index (χ0n) is 14.8. The normalized spacial score (nSPS) is 15.4. The third-order valence-corrected chi connectivity index (χ3v) is 4.73. The van der Waals surface area contributed by atoms with E-state index in [0.717, 1.165) is 48.5 Å². The number of amides is 1. The van der Waals surface area contributed by atoms with Crippen LogP contribution in [0.25, 0.3) is 11.1 Å². The van der Waals surface area contributed by atoms with Crippen LogP contribution in [-0.4, -0.2) is 39.1 Å². The quantitative estimate of drug-likeness (QED) is 0.773. The second-order valence-corrected chi connectivity index (χ2v) is 6.56. The molecule has 8 heteroatoms. The Morgan fingerprint density at radius 1 is 1.23 bits per heavy atom. The molecule has 26 heavy (non-hydrogen) atoms. The number of rotatable bonds is 3. The lowest BCUT2D eigenvalue weighted by atomic mass is 9.95. The Bertz CT molecular complexity index is 946. The van der Waals surface area contributed by atoms with Gasteiger partial charge in [0.05, 0.1) is 5.69 Å². The molecule has 0 bridgehead atoms. The van der Waals surface area contributed by atoms with Crippen LogP contribution in [0.4, 0.5) is 11.6 Å². The van der Waals surface area contributed by atoms with Crippen molar-refractivity contribution in [2.24, 2.45) is 5.92 Å². The fourth-order valence-electron chi connectivity index (χ4n) is 3.34. The van der Waals surface area contributed by atoms with E-state index in [2.05, 4.69) is 30.3 Å². The third kappa shape index (κ3) is 3.10. The van der Waals surface area contributed by atoms with Crippen LogP contribution in [0.2, 0.25) is 0 Å². The first-order chi connectivity index (χ1) is 12.6. The Morgan fingerprint density at radius 2 is 2.04 bits per heavy atom. The van der Waals surface area contributed by atoms with Crippen LogP contribution in [0.3, 0.4) is 0 Å². The van der Waals surface area contributed by atoms with Gasteiger partial charge in [0.1, 0.15) is 23.3 Å². The zero-order valence-corrected chi connectivity index (χ0v) is 14.8. The monoisotopic (exact) mass is 352 g/mol. The summed E-state index contributed by atoms with van der Waals surface area (Å²) in [7, 11) is 0. The van der Waals surface area contributed by atoms with Gasteiger partial charge in [-0.15, -0.1) is 0 Å². The highest BCUT2D eigenvalue weighted by atomic mass is 16.5. The standard InChI is InChI=1S/C18H20N6O2/c1-11-4-3-5-14(21-11)22-17(25)13-6-8-24(9-7-13)16-15-12(2)23-26-18(15)20-10-19-16/h3-5,10,13H,6-9H2,1-2H3,(H,21,22,25). The second-order valence-electron chi connectivity index (χ2n) is 6.56. The number of carbonyl (C=O) groups excluding carboxylic acids is 1. The Labute approximate surface area is 150 Å². The summed E-state index contributed by atoms with van der Waals surface area (Å²) in [5.41, 5.74) is 2.16. The van der Waals surface area contributed by atoms with Gasteiger partial charge in [-0.05, 0) is 38.8 Å². The second kappa shape index (κ2) is 6.70. The first-order valence-electron chi connectivity index (χ1n) is 8.68. The average molecular weight is 352 g/mol. The largest absolute Gasteiger partial charge is 0.356 e. The number of carbonyl (C=O) groups is 1. The molecule has 4 heterocycles. The first kappa shape index (κ1) is 16.4. The summed E-state index contributed by atoms with van der Waals surface area (Å²) < 4.78 is 5.22. The van der Waals surface area contributed by atoms with Crippen LogP contribution in [-0.2, 0) is 4.79 Å². The molecule has 1 aliphatic rings. The van der Waals surface area contributed by atoms with E-state index in [-0.39, 0.29) is 11.8 Å². The van der Waals surface area contributed by atoms with Gasteiger partial charge in [-0.25, -0.2) is 9.97 Å². The van der Waals surface area contributed by atoms with Crippen molar-refractivity contribution in [2.75, 3.05) is 23.3 Å². The van der Waals surface area contributed by atoms with Crippen molar-refractivity contribution in [2.45, 2.75) is 26.7 Å². The van der Waals surface area contributed by atoms with Crippen LogP contribution in [0, 0.1) is 19.8 Å². The number of fused-ring (bicyclic) bond motifs is 1. The third-order valence-electron chi connectivity index (χ3n) is 4.73. The summed E-state index contributed by atoms with van der Waals surface area (Å²) >= 11 is 0. The summed E-state index contributed by atoms with van der Waals surface area (Å²) in [6, 6.07) is 5.61. The number of hydrogen-bond donors (Lipinski definition) is 1. The van der Waals surface area contributed by atoms with Crippen molar-refractivity contribution in [3.8, 4) is 0 Å². The van der Waals surface area contributed by atoms with Crippen molar-refractivity contribution in [1.29, 1.82) is 0 Å². The lowest BCUT2D eigenvalue weighted by Crippen LogP contribution is -2.38. The molecule has 134 valence electrons. The number of nitrogens with one attached hydrogen (secondary N) is 1. The molecule has 1 amide bonds. The molecule has 0 spiro atoms. The highest BCUT2D eigenvalue weighted by molar-refractivity contribution is 5.92. The Balaban J connectivity index is 1.44. The lowest BCUT2D eigenvalue weighted by molar-refractivity contribution is -0.120. The van der Waals surface area contributed by atoms with Crippen molar-refractivity contribution in [3.63, 3.8) is 0 Å². The van der Waals surface area contributed by atoms with Gasteiger partial charge in [-0.2, -0.15) is 4.98 Å². The van der Waals surface area contributed by atoms with Gasteiger partial charge in [0.25, 0.3) is 5.71 Å². The topological polar surface area (TPSA) is 97.0 Å². The van der Waals surface area contributed by atoms with Crippen LogP contribution in [0.1, 0.15) is 24.2 Å². The zero-order chi connectivity index (χ0) is 18.1. The van der Waals surface area contributed by atoms with E-state index in [4.69, 9.17) is 4.52 Å². The molecule has 0 aliphatic carbocycles. The van der Waals surface area contributed by atoms with Crippen molar-refractivity contribution in [3.05, 3.63) is 35.9 Å². The molecule has 0 unspecified atom stereocenters. The molecular formula is C18H20N6O2. The van der Waals surface area contributed by atoms with Crippen LogP contribution in [0.5, 0.6) is 0 Å². The minimum Gasteiger partial charge on any atom is -0.356 e. The Hall–Kier alpha value is -3.03. The summed E-state index contributed by atoms with van der Waals surface area (Å²) in [5, 5.41) is 7.74. The Kier molecular flexibility index (Phi) is 4.24. The number of anilines is 2. The average Bonchev–Trinajstić information content (AvgIpc) is 3.03. The van der Waals surface area contributed by atoms with Gasteiger partial charge < -0.3 is 14.7 Å². The molecule has 1 saturated heterocycles. The van der Waals surface area contributed by atoms with Crippen LogP contribution in [0.15, 0.2) is 29.0 Å². The maximum atomic E-state index is 12.5. The number of pyridine rings is 1. The van der Waals surface area contributed by atoms with Crippen molar-refractivity contribution >= 4 is 28.6 Å². The van der Waals surface area contributed by atoms with Crippen LogP contribution >= 0.6 is 0 Å². The van der Waals surface area contributed by atoms with E-state index >= 15 is 0 Å². The molecule has 1 N–H and O–H groups in total. The van der Waals surface area contributed by atoms with Gasteiger partial charge >= 0.3 is 0 Å². The number of piperidine rings is 1. The van der Waals surface area contributed by atoms with Crippen molar-refractivity contribution < 1.29 is 9.32 Å². The van der Waals surface area contributed by atoms with E-state index in [0.29, 0.717) is 11.5 Å². The number of aryl methyl sites for hydroxylation is 2. The summed E-state index contributed by atoms with van der Waals surface area (Å²) in [6.07, 6.45) is 3.01. The predicted molar refractivity (Wildman–Crippen MR) is 96.9 cm³/mol. The molecule has 0 atom stereocenters.